The van der Waals surface area contributed by atoms with Crippen LogP contribution in [-0.4, -0.2) is 43.6 Å². The first kappa shape index (κ1) is 14.2. The van der Waals surface area contributed by atoms with Gasteiger partial charge in [-0.25, -0.2) is 0 Å². The first-order valence-corrected chi connectivity index (χ1v) is 8.32. The van der Waals surface area contributed by atoms with Gasteiger partial charge in [-0.2, -0.15) is 0 Å². The SMILES string of the molecule is CC1(C)CN(C(=O)c2ccnc3ccccc23)CC[S@@]1=O. The molecular weight excluding hydrogens is 284 g/mol. The molecule has 1 atom stereocenters. The average Bonchev–Trinajstić information content (AvgIpc) is 2.48. The number of carbonyl (C=O) groups excluding carboxylic acids is 1. The maximum Gasteiger partial charge on any atom is 0.254 e. The number of amides is 1. The van der Waals surface area contributed by atoms with Gasteiger partial charge in [0.1, 0.15) is 0 Å². The van der Waals surface area contributed by atoms with Crippen molar-refractivity contribution in [2.75, 3.05) is 18.8 Å². The Bertz CT molecular complexity index is 722. The van der Waals surface area contributed by atoms with Gasteiger partial charge in [-0.05, 0) is 26.0 Å². The van der Waals surface area contributed by atoms with Crippen molar-refractivity contribution in [3.63, 3.8) is 0 Å². The molecular formula is C16H18N2O2S. The van der Waals surface area contributed by atoms with Crippen molar-refractivity contribution in [2.24, 2.45) is 0 Å². The standard InChI is InChI=1S/C16H18N2O2S/c1-16(2)11-18(9-10-21(16)20)15(19)13-7-8-17-14-6-4-3-5-12(13)14/h3-8H,9-11H2,1-2H3/t21-/m0/s1. The molecule has 1 fully saturated rings. The molecule has 1 aromatic carbocycles. The molecule has 0 saturated carbocycles. The van der Waals surface area contributed by atoms with Crippen LogP contribution in [0.15, 0.2) is 36.5 Å². The van der Waals surface area contributed by atoms with Crippen LogP contribution in [0.1, 0.15) is 24.2 Å². The minimum Gasteiger partial charge on any atom is -0.336 e. The smallest absolute Gasteiger partial charge is 0.254 e. The minimum absolute atomic E-state index is 0.00150. The summed E-state index contributed by atoms with van der Waals surface area (Å²) < 4.78 is 11.6. The summed E-state index contributed by atoms with van der Waals surface area (Å²) in [6.45, 7) is 4.97. The van der Waals surface area contributed by atoms with Crippen LogP contribution in [0.3, 0.4) is 0 Å². The molecule has 2 aromatic rings. The van der Waals surface area contributed by atoms with Crippen LogP contribution in [0.2, 0.25) is 0 Å². The zero-order valence-corrected chi connectivity index (χ0v) is 13.0. The number of para-hydroxylation sites is 1. The Hall–Kier alpha value is -1.75. The van der Waals surface area contributed by atoms with Gasteiger partial charge in [-0.15, -0.1) is 0 Å². The van der Waals surface area contributed by atoms with Crippen LogP contribution in [0.4, 0.5) is 0 Å². The van der Waals surface area contributed by atoms with Gasteiger partial charge in [0.2, 0.25) is 0 Å². The fourth-order valence-electron chi connectivity index (χ4n) is 2.71. The predicted octanol–water partition coefficient (Wildman–Crippen LogP) is 2.22. The fraction of sp³-hybridized carbons (Fsp3) is 0.375. The first-order chi connectivity index (χ1) is 9.99. The number of hydrogen-bond donors (Lipinski definition) is 0. The van der Waals surface area contributed by atoms with Crippen molar-refractivity contribution in [3.05, 3.63) is 42.1 Å². The van der Waals surface area contributed by atoms with E-state index in [-0.39, 0.29) is 10.7 Å². The van der Waals surface area contributed by atoms with Crippen molar-refractivity contribution in [1.82, 2.24) is 9.88 Å². The van der Waals surface area contributed by atoms with Gasteiger partial charge in [0.25, 0.3) is 5.91 Å². The van der Waals surface area contributed by atoms with Gasteiger partial charge >= 0.3 is 0 Å². The molecule has 110 valence electrons. The molecule has 1 amide bonds. The van der Waals surface area contributed by atoms with E-state index in [0.717, 1.165) is 10.9 Å². The van der Waals surface area contributed by atoms with E-state index >= 15 is 0 Å². The van der Waals surface area contributed by atoms with Gasteiger partial charge in [0.15, 0.2) is 0 Å². The summed E-state index contributed by atoms with van der Waals surface area (Å²) in [6, 6.07) is 9.42. The highest BCUT2D eigenvalue weighted by atomic mass is 32.2. The van der Waals surface area contributed by atoms with E-state index in [4.69, 9.17) is 0 Å². The number of carbonyl (C=O) groups is 1. The fourth-order valence-corrected chi connectivity index (χ4v) is 3.94. The van der Waals surface area contributed by atoms with Crippen LogP contribution < -0.4 is 0 Å². The molecule has 1 aromatic heterocycles. The van der Waals surface area contributed by atoms with E-state index in [1.165, 1.54) is 0 Å². The maximum atomic E-state index is 12.8. The van der Waals surface area contributed by atoms with E-state index < -0.39 is 10.8 Å². The Morgan fingerprint density at radius 1 is 1.29 bits per heavy atom. The molecule has 0 spiro atoms. The van der Waals surface area contributed by atoms with Crippen molar-refractivity contribution in [3.8, 4) is 0 Å². The zero-order chi connectivity index (χ0) is 15.0. The van der Waals surface area contributed by atoms with Crippen LogP contribution in [-0.2, 0) is 10.8 Å². The molecule has 0 aliphatic carbocycles. The van der Waals surface area contributed by atoms with Gasteiger partial charge < -0.3 is 4.90 Å². The Morgan fingerprint density at radius 2 is 2.05 bits per heavy atom. The molecule has 4 nitrogen and oxygen atoms in total. The molecule has 2 heterocycles. The third-order valence-electron chi connectivity index (χ3n) is 3.90. The normalized spacial score (nSPS) is 21.4. The highest BCUT2D eigenvalue weighted by Gasteiger charge is 2.35. The summed E-state index contributed by atoms with van der Waals surface area (Å²) >= 11 is 0. The lowest BCUT2D eigenvalue weighted by molar-refractivity contribution is 0.0747. The summed E-state index contributed by atoms with van der Waals surface area (Å²) in [4.78, 5) is 18.9. The van der Waals surface area contributed by atoms with Crippen molar-refractivity contribution < 1.29 is 9.00 Å². The lowest BCUT2D eigenvalue weighted by atomic mass is 10.1. The largest absolute Gasteiger partial charge is 0.336 e. The molecule has 0 radical (unpaired) electrons. The molecule has 0 N–H and O–H groups in total. The summed E-state index contributed by atoms with van der Waals surface area (Å²) in [5, 5.41) is 0.870. The summed E-state index contributed by atoms with van der Waals surface area (Å²) in [5.74, 6) is 0.542. The van der Waals surface area contributed by atoms with Gasteiger partial charge in [0, 0.05) is 41.2 Å². The topological polar surface area (TPSA) is 50.3 Å². The number of rotatable bonds is 1. The number of hydrogen-bond acceptors (Lipinski definition) is 3. The zero-order valence-electron chi connectivity index (χ0n) is 12.2. The van der Waals surface area contributed by atoms with Crippen LogP contribution in [0.25, 0.3) is 10.9 Å². The molecule has 1 aliphatic heterocycles. The Balaban J connectivity index is 1.96. The Labute approximate surface area is 126 Å². The van der Waals surface area contributed by atoms with Gasteiger partial charge in [0.05, 0.1) is 15.8 Å². The maximum absolute atomic E-state index is 12.8. The minimum atomic E-state index is -0.878. The second-order valence-electron chi connectivity index (χ2n) is 5.91. The molecule has 21 heavy (non-hydrogen) atoms. The monoisotopic (exact) mass is 302 g/mol. The van der Waals surface area contributed by atoms with E-state index in [2.05, 4.69) is 4.98 Å². The number of benzene rings is 1. The van der Waals surface area contributed by atoms with Crippen LogP contribution in [0, 0.1) is 0 Å². The van der Waals surface area contributed by atoms with Crippen LogP contribution in [0.5, 0.6) is 0 Å². The number of pyridine rings is 1. The highest BCUT2D eigenvalue weighted by Crippen LogP contribution is 2.24. The molecule has 0 unspecified atom stereocenters. The van der Waals surface area contributed by atoms with E-state index in [9.17, 15) is 9.00 Å². The lowest BCUT2D eigenvalue weighted by Gasteiger charge is -2.37. The lowest BCUT2D eigenvalue weighted by Crippen LogP contribution is -2.52. The van der Waals surface area contributed by atoms with E-state index in [1.807, 2.05) is 43.0 Å². The van der Waals surface area contributed by atoms with E-state index in [1.54, 1.807) is 12.3 Å². The molecule has 0 bridgehead atoms. The molecule has 5 heteroatoms. The summed E-state index contributed by atoms with van der Waals surface area (Å²) in [5.41, 5.74) is 1.49. The third kappa shape index (κ3) is 2.58. The quantitative estimate of drug-likeness (QED) is 0.811. The van der Waals surface area contributed by atoms with Gasteiger partial charge in [-0.3, -0.25) is 14.0 Å². The molecule has 1 aliphatic rings. The average molecular weight is 302 g/mol. The van der Waals surface area contributed by atoms with Crippen LogP contribution >= 0.6 is 0 Å². The van der Waals surface area contributed by atoms with Crippen molar-refractivity contribution in [2.45, 2.75) is 18.6 Å². The first-order valence-electron chi connectivity index (χ1n) is 7.00. The number of nitrogens with zero attached hydrogens (tertiary/aromatic N) is 2. The highest BCUT2D eigenvalue weighted by molar-refractivity contribution is 7.86. The summed E-state index contributed by atoms with van der Waals surface area (Å²) in [6.07, 6.45) is 1.67. The summed E-state index contributed by atoms with van der Waals surface area (Å²) in [7, 11) is -0.878. The Morgan fingerprint density at radius 3 is 2.81 bits per heavy atom. The van der Waals surface area contributed by atoms with E-state index in [0.29, 0.717) is 24.4 Å². The molecule has 3 rings (SSSR count). The predicted molar refractivity (Wildman–Crippen MR) is 84.7 cm³/mol. The number of fused-ring (bicyclic) bond motifs is 1. The third-order valence-corrected chi connectivity index (χ3v) is 5.82. The van der Waals surface area contributed by atoms with Gasteiger partial charge in [-0.1, -0.05) is 18.2 Å². The second kappa shape index (κ2) is 5.22. The van der Waals surface area contributed by atoms with Crippen molar-refractivity contribution in [1.29, 1.82) is 0 Å². The molecule has 1 saturated heterocycles. The Kier molecular flexibility index (Phi) is 3.53. The van der Waals surface area contributed by atoms with Crippen molar-refractivity contribution >= 4 is 27.6 Å². The second-order valence-corrected chi connectivity index (χ2v) is 8.12. The number of aromatic nitrogens is 1.